The number of rotatable bonds is 2. The standard InChI is InChI=1S/C20H17FN2/c1-2-13-11-23-20(16-7-5-8-17(21)19(13)16)15-10-14-6-3-4-9-18(14)22-12-15/h3-10,12-13H,2,11H2,1H3. The first-order valence-corrected chi connectivity index (χ1v) is 7.96. The van der Waals surface area contributed by atoms with Crippen LogP contribution in [0.25, 0.3) is 10.9 Å². The SMILES string of the molecule is CCC1CN=C(c2cnc3ccccc3c2)c2cccc(F)c21. The van der Waals surface area contributed by atoms with Gasteiger partial charge in [-0.05, 0) is 24.6 Å². The molecule has 0 radical (unpaired) electrons. The van der Waals surface area contributed by atoms with Crippen LogP contribution >= 0.6 is 0 Å². The van der Waals surface area contributed by atoms with Crippen molar-refractivity contribution in [2.75, 3.05) is 6.54 Å². The highest BCUT2D eigenvalue weighted by atomic mass is 19.1. The molecule has 2 heterocycles. The molecule has 2 aromatic carbocycles. The Morgan fingerprint density at radius 3 is 2.87 bits per heavy atom. The van der Waals surface area contributed by atoms with Crippen LogP contribution in [0.4, 0.5) is 4.39 Å². The van der Waals surface area contributed by atoms with Crippen LogP contribution in [-0.2, 0) is 0 Å². The van der Waals surface area contributed by atoms with Gasteiger partial charge in [0, 0.05) is 40.7 Å². The van der Waals surface area contributed by atoms with E-state index in [9.17, 15) is 4.39 Å². The molecule has 3 heteroatoms. The zero-order valence-electron chi connectivity index (χ0n) is 13.0. The molecule has 0 fully saturated rings. The van der Waals surface area contributed by atoms with E-state index in [-0.39, 0.29) is 11.7 Å². The van der Waals surface area contributed by atoms with Gasteiger partial charge in [-0.3, -0.25) is 9.98 Å². The van der Waals surface area contributed by atoms with Gasteiger partial charge < -0.3 is 0 Å². The second-order valence-electron chi connectivity index (χ2n) is 5.91. The third-order valence-corrected chi connectivity index (χ3v) is 4.54. The number of para-hydroxylation sites is 1. The monoisotopic (exact) mass is 304 g/mol. The summed E-state index contributed by atoms with van der Waals surface area (Å²) in [5.41, 5.74) is 4.46. The normalized spacial score (nSPS) is 17.0. The smallest absolute Gasteiger partial charge is 0.127 e. The van der Waals surface area contributed by atoms with Crippen molar-refractivity contribution in [1.29, 1.82) is 0 Å². The van der Waals surface area contributed by atoms with Crippen molar-refractivity contribution >= 4 is 16.6 Å². The Kier molecular flexibility index (Phi) is 3.41. The van der Waals surface area contributed by atoms with Crippen LogP contribution in [0.5, 0.6) is 0 Å². The summed E-state index contributed by atoms with van der Waals surface area (Å²) in [5, 5.41) is 1.07. The van der Waals surface area contributed by atoms with E-state index in [1.807, 2.05) is 36.5 Å². The molecule has 2 nitrogen and oxygen atoms in total. The molecule has 1 atom stereocenters. The maximum Gasteiger partial charge on any atom is 0.127 e. The summed E-state index contributed by atoms with van der Waals surface area (Å²) in [4.78, 5) is 9.27. The fourth-order valence-corrected chi connectivity index (χ4v) is 3.32. The maximum atomic E-state index is 14.4. The molecule has 1 aromatic heterocycles. The Morgan fingerprint density at radius 2 is 2.00 bits per heavy atom. The van der Waals surface area contributed by atoms with Crippen molar-refractivity contribution in [2.45, 2.75) is 19.3 Å². The van der Waals surface area contributed by atoms with Gasteiger partial charge in [0.05, 0.1) is 11.2 Å². The molecular weight excluding hydrogens is 287 g/mol. The van der Waals surface area contributed by atoms with Gasteiger partial charge in [0.1, 0.15) is 5.82 Å². The van der Waals surface area contributed by atoms with E-state index in [4.69, 9.17) is 4.99 Å². The van der Waals surface area contributed by atoms with E-state index in [1.165, 1.54) is 0 Å². The lowest BCUT2D eigenvalue weighted by atomic mass is 9.85. The number of hydrogen-bond donors (Lipinski definition) is 0. The predicted molar refractivity (Wildman–Crippen MR) is 91.7 cm³/mol. The highest BCUT2D eigenvalue weighted by Crippen LogP contribution is 2.32. The Morgan fingerprint density at radius 1 is 1.13 bits per heavy atom. The van der Waals surface area contributed by atoms with Gasteiger partial charge in [0.25, 0.3) is 0 Å². The Balaban J connectivity index is 1.89. The minimum Gasteiger partial charge on any atom is -0.283 e. The molecule has 0 aliphatic carbocycles. The lowest BCUT2D eigenvalue weighted by Gasteiger charge is -2.24. The molecule has 0 N–H and O–H groups in total. The topological polar surface area (TPSA) is 25.2 Å². The fourth-order valence-electron chi connectivity index (χ4n) is 3.32. The van der Waals surface area contributed by atoms with E-state index in [2.05, 4.69) is 18.0 Å². The molecule has 4 rings (SSSR count). The highest BCUT2D eigenvalue weighted by molar-refractivity contribution is 6.15. The number of benzene rings is 2. The number of aromatic nitrogens is 1. The number of aliphatic imine (C=N–C) groups is 1. The summed E-state index contributed by atoms with van der Waals surface area (Å²) in [5.74, 6) is 0.0267. The molecule has 0 saturated heterocycles. The third kappa shape index (κ3) is 2.33. The lowest BCUT2D eigenvalue weighted by Crippen LogP contribution is -2.20. The van der Waals surface area contributed by atoms with Gasteiger partial charge in [-0.25, -0.2) is 4.39 Å². The molecule has 1 aliphatic rings. The van der Waals surface area contributed by atoms with Crippen LogP contribution in [0, 0.1) is 5.82 Å². The number of hydrogen-bond acceptors (Lipinski definition) is 2. The third-order valence-electron chi connectivity index (χ3n) is 4.54. The molecule has 3 aromatic rings. The summed E-state index contributed by atoms with van der Waals surface area (Å²) in [6.07, 6.45) is 2.73. The lowest BCUT2D eigenvalue weighted by molar-refractivity contribution is 0.566. The number of fused-ring (bicyclic) bond motifs is 2. The Bertz CT molecular complexity index is 914. The maximum absolute atomic E-state index is 14.4. The van der Waals surface area contributed by atoms with Crippen LogP contribution in [0.2, 0.25) is 0 Å². The van der Waals surface area contributed by atoms with Crippen molar-refractivity contribution in [2.24, 2.45) is 4.99 Å². The molecule has 0 saturated carbocycles. The van der Waals surface area contributed by atoms with Gasteiger partial charge in [0.15, 0.2) is 0 Å². The van der Waals surface area contributed by atoms with Gasteiger partial charge in [-0.1, -0.05) is 37.3 Å². The molecule has 23 heavy (non-hydrogen) atoms. The van der Waals surface area contributed by atoms with Gasteiger partial charge in [0.2, 0.25) is 0 Å². The van der Waals surface area contributed by atoms with E-state index < -0.39 is 0 Å². The zero-order valence-corrected chi connectivity index (χ0v) is 13.0. The van der Waals surface area contributed by atoms with Crippen LogP contribution < -0.4 is 0 Å². The first kappa shape index (κ1) is 14.1. The summed E-state index contributed by atoms with van der Waals surface area (Å²) >= 11 is 0. The van der Waals surface area contributed by atoms with Crippen molar-refractivity contribution < 1.29 is 4.39 Å². The molecule has 0 amide bonds. The van der Waals surface area contributed by atoms with E-state index in [0.717, 1.165) is 39.7 Å². The minimum absolute atomic E-state index is 0.129. The Labute approximate surface area is 134 Å². The quantitative estimate of drug-likeness (QED) is 0.672. The van der Waals surface area contributed by atoms with Crippen LogP contribution in [0.1, 0.15) is 36.0 Å². The van der Waals surface area contributed by atoms with Crippen molar-refractivity contribution in [1.82, 2.24) is 4.98 Å². The van der Waals surface area contributed by atoms with Crippen molar-refractivity contribution in [3.63, 3.8) is 0 Å². The second-order valence-corrected chi connectivity index (χ2v) is 5.91. The van der Waals surface area contributed by atoms with E-state index in [1.54, 1.807) is 12.1 Å². The molecule has 1 aliphatic heterocycles. The van der Waals surface area contributed by atoms with Crippen LogP contribution in [-0.4, -0.2) is 17.2 Å². The van der Waals surface area contributed by atoms with Crippen LogP contribution in [0.15, 0.2) is 59.7 Å². The average Bonchev–Trinajstić information content (AvgIpc) is 2.60. The van der Waals surface area contributed by atoms with Gasteiger partial charge >= 0.3 is 0 Å². The minimum atomic E-state index is -0.129. The first-order valence-electron chi connectivity index (χ1n) is 7.96. The number of halogens is 1. The molecule has 1 unspecified atom stereocenters. The molecule has 0 bridgehead atoms. The van der Waals surface area contributed by atoms with Crippen molar-refractivity contribution in [3.8, 4) is 0 Å². The highest BCUT2D eigenvalue weighted by Gasteiger charge is 2.25. The summed E-state index contributed by atoms with van der Waals surface area (Å²) in [7, 11) is 0. The predicted octanol–water partition coefficient (Wildman–Crippen LogP) is 4.72. The fraction of sp³-hybridized carbons (Fsp3) is 0.200. The molecule has 0 spiro atoms. The summed E-state index contributed by atoms with van der Waals surface area (Å²) in [6.45, 7) is 2.71. The Hall–Kier alpha value is -2.55. The molecular formula is C20H17FN2. The zero-order chi connectivity index (χ0) is 15.8. The van der Waals surface area contributed by atoms with Gasteiger partial charge in [-0.15, -0.1) is 0 Å². The number of pyridine rings is 1. The van der Waals surface area contributed by atoms with E-state index >= 15 is 0 Å². The average molecular weight is 304 g/mol. The first-order chi connectivity index (χ1) is 11.3. The molecule has 114 valence electrons. The van der Waals surface area contributed by atoms with E-state index in [0.29, 0.717) is 6.54 Å². The van der Waals surface area contributed by atoms with Crippen LogP contribution in [0.3, 0.4) is 0 Å². The summed E-state index contributed by atoms with van der Waals surface area (Å²) in [6, 6.07) is 15.4. The number of nitrogens with zero attached hydrogens (tertiary/aromatic N) is 2. The van der Waals surface area contributed by atoms with Gasteiger partial charge in [-0.2, -0.15) is 0 Å². The second kappa shape index (κ2) is 5.58. The summed E-state index contributed by atoms with van der Waals surface area (Å²) < 4.78 is 14.4. The largest absolute Gasteiger partial charge is 0.283 e. The van der Waals surface area contributed by atoms with Crippen molar-refractivity contribution in [3.05, 3.63) is 77.2 Å².